The molecule has 0 saturated heterocycles. The number of hydrogen-bond donors (Lipinski definition) is 0. The van der Waals surface area contributed by atoms with E-state index in [1.807, 2.05) is 24.3 Å². The molecule has 0 radical (unpaired) electrons. The number of unbranched alkanes of at least 4 members (excludes halogenated alkanes) is 8. The molecule has 0 aliphatic heterocycles. The molecule has 0 bridgehead atoms. The van der Waals surface area contributed by atoms with E-state index in [-0.39, 0.29) is 0 Å². The first-order valence-electron chi connectivity index (χ1n) is 38.2. The maximum atomic E-state index is 6.28. The fraction of sp³-hybridized carbons (Fsp3) is 0.263. The van der Waals surface area contributed by atoms with E-state index in [9.17, 15) is 0 Å². The topological polar surface area (TPSA) is 44.5 Å². The van der Waals surface area contributed by atoms with Gasteiger partial charge in [0, 0.05) is 11.1 Å². The SMILES string of the molecule is CCCCCCC(CCCC)COc1ccc(-c2ccc(-c3ccc(-c4ccc(OCC(CCCC)CCCCCC)cc4)cc3)cc2)cc1.Cc1ccccc1C=Cc1ccc(C=Cc2ccccc2C)cc1.c1ccc(-c2ccc(-c3cnc(-c4ccc(-c5ccccc5)cc4)o3)cc2)cc1. The predicted molar refractivity (Wildman–Crippen MR) is 442 cm³/mol. The van der Waals surface area contributed by atoms with Crippen molar-refractivity contribution in [1.82, 2.24) is 4.98 Å². The molecule has 0 aliphatic carbocycles. The van der Waals surface area contributed by atoms with E-state index in [1.54, 1.807) is 6.20 Å². The third-order valence-electron chi connectivity index (χ3n) is 19.6. The summed E-state index contributed by atoms with van der Waals surface area (Å²) in [6.45, 7) is 15.1. The fourth-order valence-corrected chi connectivity index (χ4v) is 13.0. The van der Waals surface area contributed by atoms with E-state index in [0.717, 1.165) is 41.6 Å². The first kappa shape index (κ1) is 75.4. The molecule has 1 heterocycles. The van der Waals surface area contributed by atoms with Crippen LogP contribution in [-0.2, 0) is 0 Å². The number of ether oxygens (including phenoxy) is 2. The molecule has 2 atom stereocenters. The largest absolute Gasteiger partial charge is 0.493 e. The molecule has 12 aromatic rings. The van der Waals surface area contributed by atoms with Crippen LogP contribution in [0.25, 0.3) is 103 Å². The van der Waals surface area contributed by atoms with Crippen molar-refractivity contribution < 1.29 is 13.9 Å². The van der Waals surface area contributed by atoms with Crippen molar-refractivity contribution >= 4 is 24.3 Å². The number of oxazole rings is 1. The third-order valence-corrected chi connectivity index (χ3v) is 19.6. The van der Waals surface area contributed by atoms with Crippen LogP contribution in [0.2, 0.25) is 0 Å². The van der Waals surface area contributed by atoms with Gasteiger partial charge in [-0.1, -0.05) is 372 Å². The predicted octanol–water partition coefficient (Wildman–Crippen LogP) is 29.0. The highest BCUT2D eigenvalue weighted by molar-refractivity contribution is 5.77. The summed E-state index contributed by atoms with van der Waals surface area (Å²) in [5, 5.41) is 0. The van der Waals surface area contributed by atoms with E-state index < -0.39 is 0 Å². The Morgan fingerprint density at radius 2 is 0.592 bits per heavy atom. The van der Waals surface area contributed by atoms with Crippen LogP contribution >= 0.6 is 0 Å². The molecule has 0 spiro atoms. The number of rotatable bonds is 33. The van der Waals surface area contributed by atoms with Crippen LogP contribution in [-0.4, -0.2) is 18.2 Å². The van der Waals surface area contributed by atoms with Gasteiger partial charge in [0.1, 0.15) is 11.5 Å². The van der Waals surface area contributed by atoms with Crippen molar-refractivity contribution in [2.45, 2.75) is 144 Å². The molecule has 526 valence electrons. The first-order valence-corrected chi connectivity index (χ1v) is 38.2. The van der Waals surface area contributed by atoms with Crippen molar-refractivity contribution in [3.8, 4) is 89.9 Å². The van der Waals surface area contributed by atoms with Crippen LogP contribution in [0.4, 0.5) is 0 Å². The van der Waals surface area contributed by atoms with E-state index >= 15 is 0 Å². The van der Waals surface area contributed by atoms with Crippen LogP contribution in [0.5, 0.6) is 11.5 Å². The first-order chi connectivity index (χ1) is 50.7. The van der Waals surface area contributed by atoms with Crippen molar-refractivity contribution in [3.05, 3.63) is 319 Å². The van der Waals surface area contributed by atoms with E-state index in [2.05, 4.69) is 326 Å². The molecule has 4 heteroatoms. The zero-order valence-electron chi connectivity index (χ0n) is 62.0. The number of nitrogens with zero attached hydrogens (tertiary/aromatic N) is 1. The van der Waals surface area contributed by atoms with Crippen molar-refractivity contribution in [2.75, 3.05) is 13.2 Å². The number of aromatic nitrogens is 1. The summed E-state index contributed by atoms with van der Waals surface area (Å²) in [6, 6.07) is 98.0. The normalized spacial score (nSPS) is 11.7. The smallest absolute Gasteiger partial charge is 0.226 e. The monoisotopic (exact) mass is 1360 g/mol. The van der Waals surface area contributed by atoms with Crippen LogP contribution in [0.15, 0.2) is 290 Å². The summed E-state index contributed by atoms with van der Waals surface area (Å²) in [4.78, 5) is 4.48. The Bertz CT molecular complexity index is 4110. The summed E-state index contributed by atoms with van der Waals surface area (Å²) in [7, 11) is 0. The standard InChI is InChI=1S/C48H66O2.C27H19NO.C24H22/c1-5-9-13-15-19-39(17-11-7-3)37-49-47-33-29-45(30-34-47)43-25-21-41(22-26-43)42-23-27-44(28-24-42)46-31-35-48(36-32-46)50-38-40(18-12-8-4)20-16-14-10-6-2;1-3-7-20(8-4-1)22-11-15-24(16-12-22)26-19-28-27(29-26)25-17-13-23(14-18-25)21-9-5-2-6-10-21;1-19-7-3-5-9-23(19)17-15-21-11-13-22(14-12-21)16-18-24-10-6-4-8-20(24)2/h21-36,39-40H,5-20,37-38H2,1-4H3;1-19H;3-18H,1-2H3. The Kier molecular flexibility index (Phi) is 30.4. The summed E-state index contributed by atoms with van der Waals surface area (Å²) in [5.41, 5.74) is 21.7. The van der Waals surface area contributed by atoms with Crippen LogP contribution in [0.3, 0.4) is 0 Å². The molecular weight excluding hydrogens is 1250 g/mol. The maximum absolute atomic E-state index is 6.28. The number of hydrogen-bond acceptors (Lipinski definition) is 4. The van der Waals surface area contributed by atoms with Crippen molar-refractivity contribution in [3.63, 3.8) is 0 Å². The lowest BCUT2D eigenvalue weighted by molar-refractivity contribution is 0.225. The second kappa shape index (κ2) is 41.6. The third kappa shape index (κ3) is 24.2. The molecule has 4 nitrogen and oxygen atoms in total. The molecule has 0 amide bonds. The minimum atomic E-state index is 0.631. The summed E-state index contributed by atoms with van der Waals surface area (Å²) >= 11 is 0. The van der Waals surface area contributed by atoms with Crippen LogP contribution in [0, 0.1) is 25.7 Å². The second-order valence-corrected chi connectivity index (χ2v) is 27.5. The van der Waals surface area contributed by atoms with Gasteiger partial charge < -0.3 is 13.9 Å². The van der Waals surface area contributed by atoms with E-state index in [1.165, 1.54) is 192 Å². The van der Waals surface area contributed by atoms with Gasteiger partial charge in [-0.3, -0.25) is 0 Å². The maximum Gasteiger partial charge on any atom is 0.226 e. The van der Waals surface area contributed by atoms with Crippen molar-refractivity contribution in [2.24, 2.45) is 11.8 Å². The van der Waals surface area contributed by atoms with Crippen LogP contribution in [0.1, 0.15) is 164 Å². The molecule has 103 heavy (non-hydrogen) atoms. The molecule has 2 unspecified atom stereocenters. The lowest BCUT2D eigenvalue weighted by Gasteiger charge is -2.18. The Labute approximate surface area is 617 Å². The van der Waals surface area contributed by atoms with Gasteiger partial charge in [-0.25, -0.2) is 4.98 Å². The molecule has 11 aromatic carbocycles. The van der Waals surface area contributed by atoms with E-state index in [4.69, 9.17) is 13.9 Å². The summed E-state index contributed by atoms with van der Waals surface area (Å²) < 4.78 is 18.6. The highest BCUT2D eigenvalue weighted by atomic mass is 16.5. The quantitative estimate of drug-likeness (QED) is 0.0304. The minimum Gasteiger partial charge on any atom is -0.493 e. The summed E-state index contributed by atoms with van der Waals surface area (Å²) in [5.74, 6) is 4.68. The van der Waals surface area contributed by atoms with Gasteiger partial charge in [-0.15, -0.1) is 0 Å². The molecule has 0 N–H and O–H groups in total. The van der Waals surface area contributed by atoms with Gasteiger partial charge in [0.15, 0.2) is 5.76 Å². The molecular formula is C99H107NO3. The lowest BCUT2D eigenvalue weighted by Crippen LogP contribution is -2.12. The average Bonchev–Trinajstić information content (AvgIpc) is 1.20. The van der Waals surface area contributed by atoms with Gasteiger partial charge in [0.25, 0.3) is 0 Å². The fourth-order valence-electron chi connectivity index (χ4n) is 13.0. The lowest BCUT2D eigenvalue weighted by atomic mass is 9.96. The molecule has 12 rings (SSSR count). The summed E-state index contributed by atoms with van der Waals surface area (Å²) in [6.07, 6.45) is 31.3. The Hall–Kier alpha value is -10.3. The second-order valence-electron chi connectivity index (χ2n) is 27.5. The molecule has 0 saturated carbocycles. The zero-order chi connectivity index (χ0) is 71.5. The average molecular weight is 1360 g/mol. The number of benzene rings is 11. The zero-order valence-corrected chi connectivity index (χ0v) is 62.0. The highest BCUT2D eigenvalue weighted by Crippen LogP contribution is 2.33. The minimum absolute atomic E-state index is 0.631. The van der Waals surface area contributed by atoms with Gasteiger partial charge in [-0.05, 0) is 177 Å². The van der Waals surface area contributed by atoms with Crippen LogP contribution < -0.4 is 9.47 Å². The molecule has 1 aromatic heterocycles. The Morgan fingerprint density at radius 1 is 0.291 bits per heavy atom. The number of aryl methyl sites for hydroxylation is 2. The van der Waals surface area contributed by atoms with Gasteiger partial charge >= 0.3 is 0 Å². The van der Waals surface area contributed by atoms with Crippen molar-refractivity contribution in [1.29, 1.82) is 0 Å². The van der Waals surface area contributed by atoms with Gasteiger partial charge in [0.2, 0.25) is 5.89 Å². The Morgan fingerprint density at radius 3 is 0.942 bits per heavy atom. The van der Waals surface area contributed by atoms with E-state index in [0.29, 0.717) is 17.7 Å². The molecule has 0 fully saturated rings. The van der Waals surface area contributed by atoms with Gasteiger partial charge in [-0.2, -0.15) is 0 Å². The highest BCUT2D eigenvalue weighted by Gasteiger charge is 2.14. The molecule has 0 aliphatic rings. The van der Waals surface area contributed by atoms with Gasteiger partial charge in [0.05, 0.1) is 19.4 Å². The Balaban J connectivity index is 0.000000181.